The van der Waals surface area contributed by atoms with Crippen molar-refractivity contribution >= 4 is 5.69 Å². The fraction of sp³-hybridized carbons (Fsp3) is 0.200. The number of hydrogen-bond donors (Lipinski definition) is 1. The number of rotatable bonds is 1. The molecule has 0 aliphatic rings. The Kier molecular flexibility index (Phi) is 2.52. The minimum atomic E-state index is 0.189. The van der Waals surface area contributed by atoms with Gasteiger partial charge in [0, 0.05) is 11.3 Å². The van der Waals surface area contributed by atoms with E-state index in [1.54, 1.807) is 12.1 Å². The first-order valence-corrected chi connectivity index (χ1v) is 3.85. The van der Waals surface area contributed by atoms with Crippen LogP contribution in [0.25, 0.3) is 0 Å². The third-order valence-electron chi connectivity index (χ3n) is 1.81. The molecule has 1 aromatic carbocycles. The highest BCUT2D eigenvalue weighted by Crippen LogP contribution is 2.19. The molecule has 1 aromatic rings. The number of nitrogen functional groups attached to an aromatic ring is 1. The monoisotopic (exact) mass is 171 g/mol. The lowest BCUT2D eigenvalue weighted by atomic mass is 10.0. The van der Waals surface area contributed by atoms with E-state index >= 15 is 0 Å². The topological polar surface area (TPSA) is 73.6 Å². The summed E-state index contributed by atoms with van der Waals surface area (Å²) in [6.07, 6.45) is 0.189. The van der Waals surface area contributed by atoms with Crippen molar-refractivity contribution in [3.05, 3.63) is 28.8 Å². The Balaban J connectivity index is 3.34. The summed E-state index contributed by atoms with van der Waals surface area (Å²) in [7, 11) is 0. The van der Waals surface area contributed by atoms with Crippen LogP contribution in [-0.2, 0) is 6.42 Å². The van der Waals surface area contributed by atoms with Crippen molar-refractivity contribution in [1.29, 1.82) is 10.5 Å². The van der Waals surface area contributed by atoms with Crippen LogP contribution >= 0.6 is 0 Å². The molecule has 3 heteroatoms. The summed E-state index contributed by atoms with van der Waals surface area (Å²) < 4.78 is 0. The van der Waals surface area contributed by atoms with Gasteiger partial charge in [-0.3, -0.25) is 0 Å². The fourth-order valence-corrected chi connectivity index (χ4v) is 1.22. The van der Waals surface area contributed by atoms with Crippen LogP contribution in [0.15, 0.2) is 12.1 Å². The van der Waals surface area contributed by atoms with Gasteiger partial charge in [-0.25, -0.2) is 0 Å². The molecule has 0 radical (unpaired) electrons. The van der Waals surface area contributed by atoms with Crippen molar-refractivity contribution in [2.75, 3.05) is 5.73 Å². The number of benzene rings is 1. The van der Waals surface area contributed by atoms with Gasteiger partial charge in [-0.05, 0) is 24.6 Å². The van der Waals surface area contributed by atoms with Gasteiger partial charge < -0.3 is 5.73 Å². The zero-order valence-electron chi connectivity index (χ0n) is 7.33. The highest BCUT2D eigenvalue weighted by Gasteiger charge is 2.06. The Morgan fingerprint density at radius 3 is 2.62 bits per heavy atom. The van der Waals surface area contributed by atoms with Gasteiger partial charge in [-0.15, -0.1) is 0 Å². The van der Waals surface area contributed by atoms with E-state index in [1.807, 2.05) is 19.1 Å². The van der Waals surface area contributed by atoms with E-state index in [0.29, 0.717) is 16.8 Å². The average molecular weight is 171 g/mol. The Morgan fingerprint density at radius 2 is 2.08 bits per heavy atom. The van der Waals surface area contributed by atoms with Crippen LogP contribution in [0.1, 0.15) is 16.7 Å². The minimum Gasteiger partial charge on any atom is -0.398 e. The summed E-state index contributed by atoms with van der Waals surface area (Å²) >= 11 is 0. The molecule has 3 nitrogen and oxygen atoms in total. The van der Waals surface area contributed by atoms with Crippen LogP contribution in [0.4, 0.5) is 5.69 Å². The van der Waals surface area contributed by atoms with E-state index in [9.17, 15) is 0 Å². The number of nitriles is 2. The van der Waals surface area contributed by atoms with Crippen LogP contribution in [-0.4, -0.2) is 0 Å². The number of nitrogens with zero attached hydrogens (tertiary/aromatic N) is 2. The molecule has 0 bridgehead atoms. The summed E-state index contributed by atoms with van der Waals surface area (Å²) in [5.41, 5.74) is 8.28. The zero-order valence-corrected chi connectivity index (χ0v) is 7.33. The Hall–Kier alpha value is -2.00. The van der Waals surface area contributed by atoms with Gasteiger partial charge in [-0.1, -0.05) is 0 Å². The Bertz CT molecular complexity index is 407. The highest BCUT2D eigenvalue weighted by molar-refractivity contribution is 5.58. The van der Waals surface area contributed by atoms with Gasteiger partial charge in [0.15, 0.2) is 0 Å². The van der Waals surface area contributed by atoms with Crippen molar-refractivity contribution in [1.82, 2.24) is 0 Å². The van der Waals surface area contributed by atoms with E-state index in [0.717, 1.165) is 5.56 Å². The molecule has 1 rings (SSSR count). The first-order valence-electron chi connectivity index (χ1n) is 3.85. The molecule has 0 saturated carbocycles. The third kappa shape index (κ3) is 1.77. The number of anilines is 1. The Morgan fingerprint density at radius 1 is 1.38 bits per heavy atom. The second-order valence-electron chi connectivity index (χ2n) is 2.83. The Labute approximate surface area is 77.0 Å². The van der Waals surface area contributed by atoms with E-state index in [-0.39, 0.29) is 6.42 Å². The predicted octanol–water partition coefficient (Wildman–Crippen LogP) is 1.51. The van der Waals surface area contributed by atoms with Crippen molar-refractivity contribution in [2.24, 2.45) is 0 Å². The summed E-state index contributed by atoms with van der Waals surface area (Å²) in [5, 5.41) is 17.3. The van der Waals surface area contributed by atoms with E-state index < -0.39 is 0 Å². The van der Waals surface area contributed by atoms with Crippen LogP contribution in [0.2, 0.25) is 0 Å². The molecule has 0 atom stereocenters. The van der Waals surface area contributed by atoms with Gasteiger partial charge in [0.2, 0.25) is 0 Å². The van der Waals surface area contributed by atoms with Gasteiger partial charge in [0.25, 0.3) is 0 Å². The van der Waals surface area contributed by atoms with Crippen LogP contribution in [0.3, 0.4) is 0 Å². The van der Waals surface area contributed by atoms with Crippen molar-refractivity contribution in [2.45, 2.75) is 13.3 Å². The van der Waals surface area contributed by atoms with Gasteiger partial charge in [0.1, 0.15) is 0 Å². The maximum atomic E-state index is 8.78. The standard InChI is InChI=1S/C10H9N3/c1-7-4-8(6-12)9(2-3-11)10(13)5-7/h4-5H,2,13H2,1H3. The maximum absolute atomic E-state index is 8.78. The number of aryl methyl sites for hydroxylation is 1. The summed E-state index contributed by atoms with van der Waals surface area (Å²) in [6, 6.07) is 7.53. The van der Waals surface area contributed by atoms with E-state index in [4.69, 9.17) is 16.3 Å². The lowest BCUT2D eigenvalue weighted by Gasteiger charge is -2.04. The average Bonchev–Trinajstić information content (AvgIpc) is 2.09. The molecular formula is C10H9N3. The first-order chi connectivity index (χ1) is 6.19. The van der Waals surface area contributed by atoms with Gasteiger partial charge in [0.05, 0.1) is 24.1 Å². The quantitative estimate of drug-likeness (QED) is 0.651. The normalized spacial score (nSPS) is 8.85. The summed E-state index contributed by atoms with van der Waals surface area (Å²) in [4.78, 5) is 0. The molecule has 2 N–H and O–H groups in total. The van der Waals surface area contributed by atoms with E-state index in [2.05, 4.69) is 0 Å². The zero-order chi connectivity index (χ0) is 9.84. The van der Waals surface area contributed by atoms with Crippen molar-refractivity contribution < 1.29 is 0 Å². The van der Waals surface area contributed by atoms with Crippen LogP contribution in [0.5, 0.6) is 0 Å². The fourth-order valence-electron chi connectivity index (χ4n) is 1.22. The maximum Gasteiger partial charge on any atom is 0.0995 e. The third-order valence-corrected chi connectivity index (χ3v) is 1.81. The molecule has 0 fully saturated rings. The lowest BCUT2D eigenvalue weighted by molar-refractivity contribution is 1.23. The molecule has 0 spiro atoms. The summed E-state index contributed by atoms with van der Waals surface area (Å²) in [5.74, 6) is 0. The molecule has 0 unspecified atom stereocenters. The SMILES string of the molecule is Cc1cc(N)c(CC#N)c(C#N)c1. The molecule has 0 aliphatic carbocycles. The molecular weight excluding hydrogens is 162 g/mol. The lowest BCUT2D eigenvalue weighted by Crippen LogP contribution is -1.98. The molecule has 0 amide bonds. The van der Waals surface area contributed by atoms with Crippen LogP contribution in [0, 0.1) is 29.6 Å². The smallest absolute Gasteiger partial charge is 0.0995 e. The molecule has 0 aromatic heterocycles. The first kappa shape index (κ1) is 9.09. The second-order valence-corrected chi connectivity index (χ2v) is 2.83. The number of nitrogens with two attached hydrogens (primary N) is 1. The van der Waals surface area contributed by atoms with Gasteiger partial charge in [-0.2, -0.15) is 10.5 Å². The number of hydrogen-bond acceptors (Lipinski definition) is 3. The molecule has 0 aliphatic heterocycles. The second kappa shape index (κ2) is 3.60. The van der Waals surface area contributed by atoms with Crippen molar-refractivity contribution in [3.8, 4) is 12.1 Å². The largest absolute Gasteiger partial charge is 0.398 e. The molecule has 0 saturated heterocycles. The molecule has 0 heterocycles. The predicted molar refractivity (Wildman–Crippen MR) is 49.6 cm³/mol. The van der Waals surface area contributed by atoms with E-state index in [1.165, 1.54) is 0 Å². The minimum absolute atomic E-state index is 0.189. The molecule has 13 heavy (non-hydrogen) atoms. The molecule has 64 valence electrons. The van der Waals surface area contributed by atoms with Crippen molar-refractivity contribution in [3.63, 3.8) is 0 Å². The summed E-state index contributed by atoms with van der Waals surface area (Å²) in [6.45, 7) is 1.87. The highest BCUT2D eigenvalue weighted by atomic mass is 14.6. The van der Waals surface area contributed by atoms with Crippen LogP contribution < -0.4 is 5.73 Å². The van der Waals surface area contributed by atoms with Gasteiger partial charge >= 0.3 is 0 Å².